The van der Waals surface area contributed by atoms with Crippen molar-refractivity contribution in [1.82, 2.24) is 0 Å². The molecule has 0 radical (unpaired) electrons. The van der Waals surface area contributed by atoms with Crippen LogP contribution in [-0.2, 0) is 6.42 Å². The summed E-state index contributed by atoms with van der Waals surface area (Å²) in [5.41, 5.74) is 7.14. The van der Waals surface area contributed by atoms with Crippen LogP contribution < -0.4 is 5.73 Å². The Morgan fingerprint density at radius 1 is 1.11 bits per heavy atom. The molecule has 0 aliphatic heterocycles. The van der Waals surface area contributed by atoms with Gasteiger partial charge >= 0.3 is 0 Å². The molecule has 0 aliphatic rings. The van der Waals surface area contributed by atoms with E-state index in [1.807, 2.05) is 12.1 Å². The van der Waals surface area contributed by atoms with Crippen LogP contribution in [-0.4, -0.2) is 0 Å². The molecule has 0 bridgehead atoms. The second-order valence-electron chi connectivity index (χ2n) is 4.11. The zero-order chi connectivity index (χ0) is 13.1. The van der Waals surface area contributed by atoms with E-state index in [4.69, 9.17) is 17.3 Å². The van der Waals surface area contributed by atoms with Gasteiger partial charge in [-0.2, -0.15) is 0 Å². The van der Waals surface area contributed by atoms with Crippen LogP contribution in [0.5, 0.6) is 0 Å². The van der Waals surface area contributed by atoms with Gasteiger partial charge in [0.2, 0.25) is 0 Å². The van der Waals surface area contributed by atoms with E-state index in [0.717, 1.165) is 11.6 Å². The lowest BCUT2D eigenvalue weighted by Crippen LogP contribution is -2.15. The molecule has 0 heterocycles. The molecule has 0 amide bonds. The topological polar surface area (TPSA) is 26.0 Å². The molecule has 0 saturated heterocycles. The average molecular weight is 268 g/mol. The average Bonchev–Trinajstić information content (AvgIpc) is 2.28. The molecule has 1 unspecified atom stereocenters. The smallest absolute Gasteiger partial charge is 0.130 e. The van der Waals surface area contributed by atoms with Gasteiger partial charge in [-0.15, -0.1) is 0 Å². The fraction of sp³-hybridized carbons (Fsp3) is 0.143. The molecule has 2 aromatic rings. The van der Waals surface area contributed by atoms with Gasteiger partial charge in [-0.1, -0.05) is 29.8 Å². The van der Waals surface area contributed by atoms with Crippen molar-refractivity contribution in [3.8, 4) is 0 Å². The van der Waals surface area contributed by atoms with E-state index < -0.39 is 17.7 Å². The molecule has 2 rings (SSSR count). The summed E-state index contributed by atoms with van der Waals surface area (Å²) in [6, 6.07) is 10.1. The summed E-state index contributed by atoms with van der Waals surface area (Å²) in [4.78, 5) is 0. The number of hydrogen-bond acceptors (Lipinski definition) is 1. The Bertz CT molecular complexity index is 557. The maximum atomic E-state index is 13.5. The third-order valence-electron chi connectivity index (χ3n) is 2.71. The van der Waals surface area contributed by atoms with Gasteiger partial charge in [-0.25, -0.2) is 8.78 Å². The lowest BCUT2D eigenvalue weighted by molar-refractivity contribution is 0.554. The molecule has 4 heteroatoms. The first-order valence-electron chi connectivity index (χ1n) is 5.51. The van der Waals surface area contributed by atoms with Crippen LogP contribution >= 0.6 is 11.6 Å². The van der Waals surface area contributed by atoms with E-state index >= 15 is 0 Å². The highest BCUT2D eigenvalue weighted by Gasteiger charge is 2.12. The lowest BCUT2D eigenvalue weighted by atomic mass is 9.99. The van der Waals surface area contributed by atoms with Gasteiger partial charge in [-0.05, 0) is 30.2 Å². The zero-order valence-electron chi connectivity index (χ0n) is 9.54. The second kappa shape index (κ2) is 5.46. The molecule has 94 valence electrons. The van der Waals surface area contributed by atoms with Crippen molar-refractivity contribution in [1.29, 1.82) is 0 Å². The quantitative estimate of drug-likeness (QED) is 0.898. The highest BCUT2D eigenvalue weighted by molar-refractivity contribution is 6.30. The zero-order valence-corrected chi connectivity index (χ0v) is 10.3. The summed E-state index contributed by atoms with van der Waals surface area (Å²) < 4.78 is 26.3. The molecule has 0 aromatic heterocycles. The first kappa shape index (κ1) is 13.0. The highest BCUT2D eigenvalue weighted by Crippen LogP contribution is 2.21. The maximum Gasteiger partial charge on any atom is 0.130 e. The molecule has 18 heavy (non-hydrogen) atoms. The molecular formula is C14H12ClF2N. The normalized spacial score (nSPS) is 12.4. The Balaban J connectivity index is 2.19. The Morgan fingerprint density at radius 2 is 1.89 bits per heavy atom. The fourth-order valence-corrected chi connectivity index (χ4v) is 2.04. The number of benzene rings is 2. The highest BCUT2D eigenvalue weighted by atomic mass is 35.5. The van der Waals surface area contributed by atoms with Crippen LogP contribution in [0.1, 0.15) is 17.2 Å². The van der Waals surface area contributed by atoms with Crippen molar-refractivity contribution in [2.24, 2.45) is 5.73 Å². The summed E-state index contributed by atoms with van der Waals surface area (Å²) >= 11 is 5.86. The minimum absolute atomic E-state index is 0.302. The molecule has 0 aliphatic carbocycles. The molecule has 0 fully saturated rings. The van der Waals surface area contributed by atoms with Crippen molar-refractivity contribution in [2.75, 3.05) is 0 Å². The van der Waals surface area contributed by atoms with Crippen molar-refractivity contribution in [2.45, 2.75) is 12.5 Å². The third-order valence-corrected chi connectivity index (χ3v) is 2.94. The standard InChI is InChI=1S/C14H12ClF2N/c15-10-3-1-2-9(6-10)7-14(18)12-5-4-11(16)8-13(12)17/h1-6,8,14H,7,18H2. The van der Waals surface area contributed by atoms with Crippen LogP contribution in [0.25, 0.3) is 0 Å². The molecule has 2 N–H and O–H groups in total. The van der Waals surface area contributed by atoms with Crippen LogP contribution in [0.3, 0.4) is 0 Å². The van der Waals surface area contributed by atoms with Gasteiger partial charge in [0.1, 0.15) is 11.6 Å². The van der Waals surface area contributed by atoms with Gasteiger partial charge in [0.15, 0.2) is 0 Å². The predicted octanol–water partition coefficient (Wildman–Crippen LogP) is 3.86. The summed E-state index contributed by atoms with van der Waals surface area (Å²) in [5.74, 6) is -1.23. The summed E-state index contributed by atoms with van der Waals surface area (Å²) in [7, 11) is 0. The van der Waals surface area contributed by atoms with E-state index in [9.17, 15) is 8.78 Å². The fourth-order valence-electron chi connectivity index (χ4n) is 1.83. The van der Waals surface area contributed by atoms with Gasteiger partial charge in [0.05, 0.1) is 0 Å². The predicted molar refractivity (Wildman–Crippen MR) is 68.4 cm³/mol. The Kier molecular flexibility index (Phi) is 3.94. The third kappa shape index (κ3) is 3.06. The SMILES string of the molecule is NC(Cc1cccc(Cl)c1)c1ccc(F)cc1F. The van der Waals surface area contributed by atoms with Gasteiger partial charge in [-0.3, -0.25) is 0 Å². The summed E-state index contributed by atoms with van der Waals surface area (Å²) in [5, 5.41) is 0.610. The van der Waals surface area contributed by atoms with Crippen molar-refractivity contribution >= 4 is 11.6 Å². The second-order valence-corrected chi connectivity index (χ2v) is 4.54. The Labute approximate surface area is 109 Å². The number of nitrogens with two attached hydrogens (primary N) is 1. The molecule has 2 aromatic carbocycles. The molecule has 1 nitrogen and oxygen atoms in total. The van der Waals surface area contributed by atoms with Gasteiger partial charge in [0, 0.05) is 22.7 Å². The van der Waals surface area contributed by atoms with Crippen molar-refractivity contribution in [3.63, 3.8) is 0 Å². The van der Waals surface area contributed by atoms with E-state index in [1.165, 1.54) is 12.1 Å². The number of rotatable bonds is 3. The van der Waals surface area contributed by atoms with E-state index in [2.05, 4.69) is 0 Å². The molecular weight excluding hydrogens is 256 g/mol. The molecule has 1 atom stereocenters. The van der Waals surface area contributed by atoms with E-state index in [-0.39, 0.29) is 0 Å². The molecule has 0 saturated carbocycles. The Morgan fingerprint density at radius 3 is 2.56 bits per heavy atom. The molecule has 0 spiro atoms. The number of hydrogen-bond donors (Lipinski definition) is 1. The minimum Gasteiger partial charge on any atom is -0.324 e. The minimum atomic E-state index is -0.621. The van der Waals surface area contributed by atoms with Crippen LogP contribution in [0.4, 0.5) is 8.78 Å². The van der Waals surface area contributed by atoms with Crippen LogP contribution in [0, 0.1) is 11.6 Å². The number of halogens is 3. The van der Waals surface area contributed by atoms with E-state index in [1.54, 1.807) is 12.1 Å². The summed E-state index contributed by atoms with van der Waals surface area (Å²) in [6.45, 7) is 0. The maximum absolute atomic E-state index is 13.5. The monoisotopic (exact) mass is 267 g/mol. The Hall–Kier alpha value is -1.45. The van der Waals surface area contributed by atoms with Gasteiger partial charge < -0.3 is 5.73 Å². The van der Waals surface area contributed by atoms with Crippen molar-refractivity contribution in [3.05, 3.63) is 70.2 Å². The van der Waals surface area contributed by atoms with Crippen molar-refractivity contribution < 1.29 is 8.78 Å². The first-order chi connectivity index (χ1) is 8.56. The first-order valence-corrected chi connectivity index (χ1v) is 5.89. The van der Waals surface area contributed by atoms with Crippen LogP contribution in [0.15, 0.2) is 42.5 Å². The van der Waals surface area contributed by atoms with E-state index in [0.29, 0.717) is 17.0 Å². The van der Waals surface area contributed by atoms with Gasteiger partial charge in [0.25, 0.3) is 0 Å². The van der Waals surface area contributed by atoms with Crippen LogP contribution in [0.2, 0.25) is 5.02 Å². The lowest BCUT2D eigenvalue weighted by Gasteiger charge is -2.13. The largest absolute Gasteiger partial charge is 0.324 e. The summed E-state index contributed by atoms with van der Waals surface area (Å²) in [6.07, 6.45) is 0.448.